The number of rotatable bonds is 4. The van der Waals surface area contributed by atoms with Gasteiger partial charge in [-0.25, -0.2) is 9.37 Å². The number of nitrogens with two attached hydrogens (primary N) is 2. The van der Waals surface area contributed by atoms with Gasteiger partial charge in [0.2, 0.25) is 11.4 Å². The number of carbonyl (C=O) groups excluding carboxylic acids is 1. The van der Waals surface area contributed by atoms with Crippen molar-refractivity contribution in [2.45, 2.75) is 13.5 Å². The van der Waals surface area contributed by atoms with Crippen molar-refractivity contribution in [2.24, 2.45) is 5.73 Å². The highest BCUT2D eigenvalue weighted by molar-refractivity contribution is 6.00. The highest BCUT2D eigenvalue weighted by Gasteiger charge is 2.20. The van der Waals surface area contributed by atoms with E-state index in [4.69, 9.17) is 11.5 Å². The number of anilines is 3. The highest BCUT2D eigenvalue weighted by atomic mass is 19.1. The van der Waals surface area contributed by atoms with Crippen molar-refractivity contribution in [3.05, 3.63) is 46.0 Å². The molecule has 2 aromatic heterocycles. The van der Waals surface area contributed by atoms with Crippen molar-refractivity contribution >= 4 is 34.4 Å². The molecule has 2 heterocycles. The van der Waals surface area contributed by atoms with E-state index in [0.717, 1.165) is 6.07 Å². The van der Waals surface area contributed by atoms with Crippen molar-refractivity contribution in [2.75, 3.05) is 11.1 Å². The fourth-order valence-electron chi connectivity index (χ4n) is 2.57. The minimum absolute atomic E-state index is 0.0791. The molecule has 6 N–H and O–H groups in total. The molecule has 3 rings (SSSR count). The van der Waals surface area contributed by atoms with Crippen LogP contribution < -0.4 is 22.2 Å². The summed E-state index contributed by atoms with van der Waals surface area (Å²) < 4.78 is 14.9. The molecule has 0 spiro atoms. The molecule has 0 aliphatic rings. The third-order valence-corrected chi connectivity index (χ3v) is 3.81. The molecule has 0 atom stereocenters. The predicted octanol–water partition coefficient (Wildman–Crippen LogP) is 1.08. The van der Waals surface area contributed by atoms with E-state index in [1.54, 1.807) is 6.92 Å². The minimum atomic E-state index is -0.932. The largest absolute Gasteiger partial charge is 0.505 e. The van der Waals surface area contributed by atoms with Crippen molar-refractivity contribution in [3.63, 3.8) is 0 Å². The number of benzene rings is 1. The number of hydrogen-bond acceptors (Lipinski definition) is 7. The Morgan fingerprint density at radius 2 is 2.15 bits per heavy atom. The van der Waals surface area contributed by atoms with Crippen molar-refractivity contribution in [1.29, 1.82) is 0 Å². The number of hydrogen-bond donors (Lipinski definition) is 4. The average molecular weight is 358 g/mol. The number of halogens is 1. The Bertz CT molecular complexity index is 1100. The number of pyridine rings is 1. The van der Waals surface area contributed by atoms with Crippen LogP contribution in [0.4, 0.5) is 21.8 Å². The summed E-state index contributed by atoms with van der Waals surface area (Å²) in [4.78, 5) is 32.2. The van der Waals surface area contributed by atoms with Crippen LogP contribution in [0.5, 0.6) is 5.75 Å². The predicted molar refractivity (Wildman–Crippen MR) is 93.7 cm³/mol. The monoisotopic (exact) mass is 358 g/mol. The Kier molecular flexibility index (Phi) is 4.16. The van der Waals surface area contributed by atoms with Gasteiger partial charge in [-0.15, -0.1) is 0 Å². The lowest BCUT2D eigenvalue weighted by atomic mass is 10.2. The van der Waals surface area contributed by atoms with E-state index < -0.39 is 22.9 Å². The third kappa shape index (κ3) is 2.77. The topological polar surface area (TPSA) is 149 Å². The molecule has 0 unspecified atom stereocenters. The smallest absolute Gasteiger partial charge is 0.256 e. The highest BCUT2D eigenvalue weighted by Crippen LogP contribution is 2.22. The number of nitrogens with one attached hydrogen (secondary N) is 1. The summed E-state index contributed by atoms with van der Waals surface area (Å²) in [6.07, 6.45) is 1.24. The number of phenolic OH excluding ortho intramolecular Hbond substituents is 1. The lowest BCUT2D eigenvalue weighted by Gasteiger charge is -2.14. The molecule has 9 nitrogen and oxygen atoms in total. The summed E-state index contributed by atoms with van der Waals surface area (Å²) in [5, 5.41) is 12.1. The molecule has 0 radical (unpaired) electrons. The van der Waals surface area contributed by atoms with E-state index in [2.05, 4.69) is 15.3 Å². The zero-order valence-electron chi connectivity index (χ0n) is 13.7. The maximum atomic E-state index is 13.4. The number of nitrogens with zero attached hydrogens (tertiary/aromatic N) is 3. The molecule has 10 heteroatoms. The summed E-state index contributed by atoms with van der Waals surface area (Å²) in [7, 11) is 0. The molecular formula is C16H15FN6O3. The molecule has 0 fully saturated rings. The van der Waals surface area contributed by atoms with Crippen LogP contribution in [-0.4, -0.2) is 25.5 Å². The normalized spacial score (nSPS) is 10.8. The van der Waals surface area contributed by atoms with Crippen molar-refractivity contribution in [3.8, 4) is 5.75 Å². The van der Waals surface area contributed by atoms with Crippen LogP contribution in [0, 0.1) is 5.82 Å². The van der Waals surface area contributed by atoms with E-state index in [-0.39, 0.29) is 28.4 Å². The number of aromatic hydroxyl groups is 1. The zero-order chi connectivity index (χ0) is 19.0. The molecule has 0 saturated heterocycles. The first-order valence-corrected chi connectivity index (χ1v) is 7.57. The number of carbonyl (C=O) groups is 1. The summed E-state index contributed by atoms with van der Waals surface area (Å²) in [5.41, 5.74) is 10.7. The third-order valence-electron chi connectivity index (χ3n) is 3.81. The van der Waals surface area contributed by atoms with Gasteiger partial charge in [0.15, 0.2) is 17.2 Å². The Balaban J connectivity index is 2.16. The maximum absolute atomic E-state index is 13.4. The molecule has 26 heavy (non-hydrogen) atoms. The number of nitrogen functional groups attached to an aromatic ring is 1. The molecular weight excluding hydrogens is 343 g/mol. The van der Waals surface area contributed by atoms with Gasteiger partial charge in [-0.3, -0.25) is 9.59 Å². The van der Waals surface area contributed by atoms with Gasteiger partial charge in [-0.1, -0.05) is 0 Å². The van der Waals surface area contributed by atoms with Crippen LogP contribution >= 0.6 is 0 Å². The number of phenols is 1. The second kappa shape index (κ2) is 6.31. The first-order chi connectivity index (χ1) is 12.3. The zero-order valence-corrected chi connectivity index (χ0v) is 13.7. The second-order valence-corrected chi connectivity index (χ2v) is 5.42. The van der Waals surface area contributed by atoms with Gasteiger partial charge >= 0.3 is 0 Å². The number of primary amides is 1. The Morgan fingerprint density at radius 3 is 2.77 bits per heavy atom. The molecule has 0 aliphatic carbocycles. The summed E-state index contributed by atoms with van der Waals surface area (Å²) >= 11 is 0. The van der Waals surface area contributed by atoms with Gasteiger partial charge in [0.05, 0.1) is 5.39 Å². The molecule has 0 bridgehead atoms. The first kappa shape index (κ1) is 17.1. The van der Waals surface area contributed by atoms with Crippen LogP contribution in [0.3, 0.4) is 0 Å². The fourth-order valence-corrected chi connectivity index (χ4v) is 2.57. The van der Waals surface area contributed by atoms with Crippen LogP contribution in [0.15, 0.2) is 29.2 Å². The molecule has 134 valence electrons. The van der Waals surface area contributed by atoms with Crippen LogP contribution in [-0.2, 0) is 6.54 Å². The van der Waals surface area contributed by atoms with Gasteiger partial charge in [-0.05, 0) is 19.1 Å². The van der Waals surface area contributed by atoms with E-state index in [1.807, 2.05) is 0 Å². The quantitative estimate of drug-likeness (QED) is 0.510. The first-order valence-electron chi connectivity index (χ1n) is 7.57. The van der Waals surface area contributed by atoms with Crippen LogP contribution in [0.25, 0.3) is 11.0 Å². The summed E-state index contributed by atoms with van der Waals surface area (Å²) in [5.74, 6) is -2.23. The molecule has 0 saturated carbocycles. The van der Waals surface area contributed by atoms with Gasteiger partial charge in [0, 0.05) is 24.5 Å². The standard InChI is InChI=1S/C16H15FN6O3/c1-2-23-13(18)11(14(19)26)12(25)8-6-20-16(22-15(8)23)21-7-3-4-10(24)9(17)5-7/h3-6,24H,2,18H2,1H3,(H2,19,26)(H,20,21,22). The molecule has 3 aromatic rings. The number of aryl methyl sites for hydroxylation is 1. The number of fused-ring (bicyclic) bond motifs is 1. The van der Waals surface area contributed by atoms with E-state index in [0.29, 0.717) is 12.2 Å². The Morgan fingerprint density at radius 1 is 1.42 bits per heavy atom. The van der Waals surface area contributed by atoms with Crippen molar-refractivity contribution in [1.82, 2.24) is 14.5 Å². The van der Waals surface area contributed by atoms with E-state index in [1.165, 1.54) is 22.9 Å². The van der Waals surface area contributed by atoms with Gasteiger partial charge in [-0.2, -0.15) is 4.98 Å². The van der Waals surface area contributed by atoms with Crippen LogP contribution in [0.2, 0.25) is 0 Å². The molecule has 1 aromatic carbocycles. The fraction of sp³-hybridized carbons (Fsp3) is 0.125. The van der Waals surface area contributed by atoms with Crippen LogP contribution in [0.1, 0.15) is 17.3 Å². The SMILES string of the molecule is CCn1c(N)c(C(N)=O)c(=O)c2cnc(Nc3ccc(O)c(F)c3)nc21. The Hall–Kier alpha value is -3.69. The number of aromatic nitrogens is 3. The number of amides is 1. The Labute approximate surface area is 146 Å². The summed E-state index contributed by atoms with van der Waals surface area (Å²) in [6, 6.07) is 3.68. The second-order valence-electron chi connectivity index (χ2n) is 5.42. The minimum Gasteiger partial charge on any atom is -0.505 e. The molecule has 0 aliphatic heterocycles. The van der Waals surface area contributed by atoms with Gasteiger partial charge < -0.3 is 26.5 Å². The maximum Gasteiger partial charge on any atom is 0.256 e. The van der Waals surface area contributed by atoms with Gasteiger partial charge in [0.25, 0.3) is 5.91 Å². The van der Waals surface area contributed by atoms with Gasteiger partial charge in [0.1, 0.15) is 11.4 Å². The van der Waals surface area contributed by atoms with Crippen molar-refractivity contribution < 1.29 is 14.3 Å². The van der Waals surface area contributed by atoms with E-state index >= 15 is 0 Å². The lowest BCUT2D eigenvalue weighted by molar-refractivity contribution is 0.1000. The summed E-state index contributed by atoms with van der Waals surface area (Å²) in [6.45, 7) is 2.09. The lowest BCUT2D eigenvalue weighted by Crippen LogP contribution is -2.28. The molecule has 1 amide bonds. The van der Waals surface area contributed by atoms with E-state index in [9.17, 15) is 19.1 Å². The average Bonchev–Trinajstić information content (AvgIpc) is 2.58.